The molecule has 2 aromatic rings. The number of aryl methyl sites for hydroxylation is 2. The highest BCUT2D eigenvalue weighted by Gasteiger charge is 2.06. The Labute approximate surface area is 113 Å². The van der Waals surface area contributed by atoms with Crippen molar-refractivity contribution in [3.8, 4) is 5.75 Å². The Bertz CT molecular complexity index is 581. The molecule has 0 aliphatic carbocycles. The second-order valence-electron chi connectivity index (χ2n) is 4.69. The van der Waals surface area contributed by atoms with Crippen LogP contribution in [0, 0.1) is 19.7 Å². The third-order valence-electron chi connectivity index (χ3n) is 3.08. The Morgan fingerprint density at radius 2 is 1.89 bits per heavy atom. The molecule has 2 nitrogen and oxygen atoms in total. The SMILES string of the molecule is Cc1ccc(C)c(OCc2ccc(CN)cc2F)c1. The minimum atomic E-state index is -0.270. The van der Waals surface area contributed by atoms with Crippen molar-refractivity contribution in [2.75, 3.05) is 0 Å². The van der Waals surface area contributed by atoms with Crippen molar-refractivity contribution in [1.29, 1.82) is 0 Å². The summed E-state index contributed by atoms with van der Waals surface area (Å²) in [6.45, 7) is 4.54. The van der Waals surface area contributed by atoms with Gasteiger partial charge in [-0.15, -0.1) is 0 Å². The zero-order valence-electron chi connectivity index (χ0n) is 11.2. The number of hydrogen-bond donors (Lipinski definition) is 1. The molecule has 0 saturated carbocycles. The largest absolute Gasteiger partial charge is 0.489 e. The van der Waals surface area contributed by atoms with Crippen LogP contribution in [0.2, 0.25) is 0 Å². The lowest BCUT2D eigenvalue weighted by atomic mass is 10.1. The van der Waals surface area contributed by atoms with Crippen LogP contribution in [0.5, 0.6) is 5.75 Å². The van der Waals surface area contributed by atoms with E-state index in [2.05, 4.69) is 0 Å². The molecule has 0 aliphatic rings. The summed E-state index contributed by atoms with van der Waals surface area (Å²) in [5, 5.41) is 0. The summed E-state index contributed by atoms with van der Waals surface area (Å²) in [7, 11) is 0. The van der Waals surface area contributed by atoms with Gasteiger partial charge in [0.25, 0.3) is 0 Å². The second-order valence-corrected chi connectivity index (χ2v) is 4.69. The van der Waals surface area contributed by atoms with Crippen molar-refractivity contribution in [2.24, 2.45) is 5.73 Å². The van der Waals surface area contributed by atoms with E-state index in [1.54, 1.807) is 6.07 Å². The first kappa shape index (κ1) is 13.6. The van der Waals surface area contributed by atoms with Crippen molar-refractivity contribution in [1.82, 2.24) is 0 Å². The van der Waals surface area contributed by atoms with E-state index in [4.69, 9.17) is 10.5 Å². The average Bonchev–Trinajstić information content (AvgIpc) is 2.40. The summed E-state index contributed by atoms with van der Waals surface area (Å²) in [6, 6.07) is 11.0. The van der Waals surface area contributed by atoms with Crippen LogP contribution >= 0.6 is 0 Å². The molecular weight excluding hydrogens is 241 g/mol. The summed E-state index contributed by atoms with van der Waals surface area (Å²) in [5.41, 5.74) is 8.97. The lowest BCUT2D eigenvalue weighted by Gasteiger charge is -2.11. The van der Waals surface area contributed by atoms with Crippen molar-refractivity contribution in [3.05, 3.63) is 64.5 Å². The highest BCUT2D eigenvalue weighted by molar-refractivity contribution is 5.36. The summed E-state index contributed by atoms with van der Waals surface area (Å²) < 4.78 is 19.5. The maximum atomic E-state index is 13.8. The van der Waals surface area contributed by atoms with Gasteiger partial charge in [-0.25, -0.2) is 4.39 Å². The third-order valence-corrected chi connectivity index (χ3v) is 3.08. The number of ether oxygens (including phenoxy) is 1. The van der Waals surface area contributed by atoms with Crippen LogP contribution in [-0.2, 0) is 13.2 Å². The van der Waals surface area contributed by atoms with E-state index in [0.29, 0.717) is 12.1 Å². The molecule has 0 bridgehead atoms. The first-order valence-corrected chi connectivity index (χ1v) is 6.27. The molecule has 2 rings (SSSR count). The summed E-state index contributed by atoms with van der Waals surface area (Å²) >= 11 is 0. The van der Waals surface area contributed by atoms with Gasteiger partial charge in [0, 0.05) is 12.1 Å². The van der Waals surface area contributed by atoms with Gasteiger partial charge in [-0.3, -0.25) is 0 Å². The number of halogens is 1. The molecule has 0 radical (unpaired) electrons. The van der Waals surface area contributed by atoms with E-state index in [-0.39, 0.29) is 12.4 Å². The molecule has 0 aliphatic heterocycles. The molecule has 0 spiro atoms. The molecule has 3 heteroatoms. The molecule has 0 fully saturated rings. The van der Waals surface area contributed by atoms with Gasteiger partial charge < -0.3 is 10.5 Å². The molecule has 0 heterocycles. The van der Waals surface area contributed by atoms with E-state index in [9.17, 15) is 4.39 Å². The zero-order valence-corrected chi connectivity index (χ0v) is 11.2. The lowest BCUT2D eigenvalue weighted by Crippen LogP contribution is -2.02. The predicted octanol–water partition coefficient (Wildman–Crippen LogP) is 3.48. The van der Waals surface area contributed by atoms with Gasteiger partial charge in [-0.1, -0.05) is 24.3 Å². The number of nitrogens with two attached hydrogens (primary N) is 1. The van der Waals surface area contributed by atoms with E-state index in [1.807, 2.05) is 38.1 Å². The standard InChI is InChI=1S/C16H18FNO/c1-11-3-4-12(2)16(7-11)19-10-14-6-5-13(9-18)8-15(14)17/h3-8H,9-10,18H2,1-2H3. The molecule has 0 saturated heterocycles. The predicted molar refractivity (Wildman–Crippen MR) is 74.5 cm³/mol. The first-order valence-electron chi connectivity index (χ1n) is 6.27. The van der Waals surface area contributed by atoms with Crippen LogP contribution in [0.25, 0.3) is 0 Å². The molecule has 0 atom stereocenters. The molecular formula is C16H18FNO. The van der Waals surface area contributed by atoms with E-state index in [0.717, 1.165) is 22.4 Å². The molecule has 0 amide bonds. The third kappa shape index (κ3) is 3.32. The highest BCUT2D eigenvalue weighted by atomic mass is 19.1. The number of rotatable bonds is 4. The highest BCUT2D eigenvalue weighted by Crippen LogP contribution is 2.21. The van der Waals surface area contributed by atoms with Gasteiger partial charge in [-0.2, -0.15) is 0 Å². The van der Waals surface area contributed by atoms with E-state index >= 15 is 0 Å². The monoisotopic (exact) mass is 259 g/mol. The molecule has 2 aromatic carbocycles. The Morgan fingerprint density at radius 1 is 1.11 bits per heavy atom. The van der Waals surface area contributed by atoms with Crippen molar-refractivity contribution in [2.45, 2.75) is 27.0 Å². The van der Waals surface area contributed by atoms with Crippen LogP contribution in [-0.4, -0.2) is 0 Å². The lowest BCUT2D eigenvalue weighted by molar-refractivity contribution is 0.297. The fraction of sp³-hybridized carbons (Fsp3) is 0.250. The molecule has 100 valence electrons. The maximum absolute atomic E-state index is 13.8. The number of hydrogen-bond acceptors (Lipinski definition) is 2. The van der Waals surface area contributed by atoms with Crippen LogP contribution < -0.4 is 10.5 Å². The average molecular weight is 259 g/mol. The van der Waals surface area contributed by atoms with Gasteiger partial charge in [-0.05, 0) is 42.7 Å². The summed E-state index contributed by atoms with van der Waals surface area (Å²) in [6.07, 6.45) is 0. The summed E-state index contributed by atoms with van der Waals surface area (Å²) in [5.74, 6) is 0.524. The number of benzene rings is 2. The topological polar surface area (TPSA) is 35.2 Å². The van der Waals surface area contributed by atoms with Crippen LogP contribution in [0.1, 0.15) is 22.3 Å². The maximum Gasteiger partial charge on any atom is 0.130 e. The van der Waals surface area contributed by atoms with Gasteiger partial charge in [0.05, 0.1) is 0 Å². The van der Waals surface area contributed by atoms with Crippen LogP contribution in [0.3, 0.4) is 0 Å². The molecule has 2 N–H and O–H groups in total. The smallest absolute Gasteiger partial charge is 0.130 e. The van der Waals surface area contributed by atoms with E-state index in [1.165, 1.54) is 6.07 Å². The fourth-order valence-corrected chi connectivity index (χ4v) is 1.85. The quantitative estimate of drug-likeness (QED) is 0.912. The van der Waals surface area contributed by atoms with Crippen LogP contribution in [0.4, 0.5) is 4.39 Å². The fourth-order valence-electron chi connectivity index (χ4n) is 1.85. The molecule has 19 heavy (non-hydrogen) atoms. The molecule has 0 aromatic heterocycles. The van der Waals surface area contributed by atoms with Gasteiger partial charge >= 0.3 is 0 Å². The van der Waals surface area contributed by atoms with Crippen LogP contribution in [0.15, 0.2) is 36.4 Å². The van der Waals surface area contributed by atoms with Gasteiger partial charge in [0.2, 0.25) is 0 Å². The summed E-state index contributed by atoms with van der Waals surface area (Å²) in [4.78, 5) is 0. The minimum absolute atomic E-state index is 0.223. The minimum Gasteiger partial charge on any atom is -0.489 e. The first-order chi connectivity index (χ1) is 9.10. The van der Waals surface area contributed by atoms with Crippen molar-refractivity contribution >= 4 is 0 Å². The Kier molecular flexibility index (Phi) is 4.17. The van der Waals surface area contributed by atoms with Gasteiger partial charge in [0.15, 0.2) is 0 Å². The Hall–Kier alpha value is -1.87. The molecule has 0 unspecified atom stereocenters. The van der Waals surface area contributed by atoms with Crippen molar-refractivity contribution in [3.63, 3.8) is 0 Å². The van der Waals surface area contributed by atoms with E-state index < -0.39 is 0 Å². The second kappa shape index (κ2) is 5.85. The normalized spacial score (nSPS) is 10.5. The van der Waals surface area contributed by atoms with Crippen molar-refractivity contribution < 1.29 is 9.13 Å². The Balaban J connectivity index is 2.12. The zero-order chi connectivity index (χ0) is 13.8. The van der Waals surface area contributed by atoms with Gasteiger partial charge in [0.1, 0.15) is 18.2 Å². The Morgan fingerprint density at radius 3 is 2.58 bits per heavy atom.